The smallest absolute Gasteiger partial charge is 0.231 e. The number of rotatable bonds is 2. The van der Waals surface area contributed by atoms with Crippen molar-refractivity contribution < 1.29 is 14.3 Å². The van der Waals surface area contributed by atoms with E-state index in [1.807, 2.05) is 18.2 Å². The van der Waals surface area contributed by atoms with E-state index in [0.29, 0.717) is 11.7 Å². The normalized spacial score (nSPS) is 30.6. The number of benzene rings is 1. The van der Waals surface area contributed by atoms with E-state index < -0.39 is 0 Å². The lowest BCUT2D eigenvalue weighted by Gasteiger charge is -2.20. The second kappa shape index (κ2) is 4.15. The Balaban J connectivity index is 1.48. The third-order valence-electron chi connectivity index (χ3n) is 4.71. The van der Waals surface area contributed by atoms with Crippen LogP contribution in [0.2, 0.25) is 0 Å². The highest BCUT2D eigenvalue weighted by atomic mass is 16.7. The molecule has 1 aromatic carbocycles. The summed E-state index contributed by atoms with van der Waals surface area (Å²) in [6.07, 6.45) is 4.86. The van der Waals surface area contributed by atoms with Crippen LogP contribution in [0, 0.1) is 17.8 Å². The molecule has 2 saturated carbocycles. The topological polar surface area (TPSA) is 47.6 Å². The van der Waals surface area contributed by atoms with Crippen LogP contribution in [0.3, 0.4) is 0 Å². The number of amides is 1. The van der Waals surface area contributed by atoms with Crippen LogP contribution in [-0.4, -0.2) is 12.7 Å². The number of fused-ring (bicyclic) bond motifs is 3. The third kappa shape index (κ3) is 1.86. The molecule has 1 heterocycles. The van der Waals surface area contributed by atoms with Gasteiger partial charge in [0.15, 0.2) is 11.5 Å². The van der Waals surface area contributed by atoms with Gasteiger partial charge < -0.3 is 14.8 Å². The molecule has 2 fully saturated rings. The summed E-state index contributed by atoms with van der Waals surface area (Å²) in [5.41, 5.74) is 0.803. The fourth-order valence-electron chi connectivity index (χ4n) is 3.78. The highest BCUT2D eigenvalue weighted by Crippen LogP contribution is 2.48. The van der Waals surface area contributed by atoms with Crippen molar-refractivity contribution >= 4 is 11.6 Å². The lowest BCUT2D eigenvalue weighted by molar-refractivity contribution is -0.121. The van der Waals surface area contributed by atoms with E-state index in [-0.39, 0.29) is 18.6 Å². The average molecular weight is 259 g/mol. The minimum Gasteiger partial charge on any atom is -0.454 e. The maximum atomic E-state index is 12.3. The van der Waals surface area contributed by atoms with E-state index in [1.165, 1.54) is 19.3 Å². The van der Waals surface area contributed by atoms with Crippen LogP contribution in [0.1, 0.15) is 25.7 Å². The summed E-state index contributed by atoms with van der Waals surface area (Å²) in [5, 5.41) is 3.02. The van der Waals surface area contributed by atoms with Gasteiger partial charge in [-0.1, -0.05) is 6.42 Å². The summed E-state index contributed by atoms with van der Waals surface area (Å²) in [5.74, 6) is 3.25. The largest absolute Gasteiger partial charge is 0.454 e. The molecule has 2 aliphatic carbocycles. The van der Waals surface area contributed by atoms with Crippen LogP contribution in [0.25, 0.3) is 0 Å². The van der Waals surface area contributed by atoms with Gasteiger partial charge >= 0.3 is 0 Å². The van der Waals surface area contributed by atoms with Crippen molar-refractivity contribution in [2.24, 2.45) is 17.8 Å². The first-order valence-electron chi connectivity index (χ1n) is 7.00. The lowest BCUT2D eigenvalue weighted by atomic mass is 9.88. The van der Waals surface area contributed by atoms with Crippen LogP contribution in [0.15, 0.2) is 18.2 Å². The van der Waals surface area contributed by atoms with Gasteiger partial charge in [-0.15, -0.1) is 0 Å². The fourth-order valence-corrected chi connectivity index (χ4v) is 3.78. The van der Waals surface area contributed by atoms with Crippen molar-refractivity contribution in [2.75, 3.05) is 12.1 Å². The summed E-state index contributed by atoms with van der Waals surface area (Å²) in [6.45, 7) is 0.263. The highest BCUT2D eigenvalue weighted by molar-refractivity contribution is 5.93. The standard InChI is InChI=1S/C15H17NO3/c17-15(12-6-9-1-2-10(12)5-9)16-11-3-4-13-14(7-11)19-8-18-13/h3-4,7,9-10,12H,1-2,5-6,8H2,(H,16,17)/t9-,10-,12-/m0/s1. The van der Waals surface area contributed by atoms with Crippen LogP contribution < -0.4 is 14.8 Å². The van der Waals surface area contributed by atoms with Gasteiger partial charge in [0.05, 0.1) is 0 Å². The minimum absolute atomic E-state index is 0.172. The fraction of sp³-hybridized carbons (Fsp3) is 0.533. The van der Waals surface area contributed by atoms with Crippen molar-refractivity contribution in [3.8, 4) is 11.5 Å². The number of hydrogen-bond acceptors (Lipinski definition) is 3. The first kappa shape index (κ1) is 11.1. The molecule has 4 heteroatoms. The Hall–Kier alpha value is -1.71. The summed E-state index contributed by atoms with van der Waals surface area (Å²) >= 11 is 0. The zero-order valence-electron chi connectivity index (χ0n) is 10.7. The van der Waals surface area contributed by atoms with E-state index in [0.717, 1.165) is 23.8 Å². The molecule has 0 unspecified atom stereocenters. The molecular formula is C15H17NO3. The van der Waals surface area contributed by atoms with Crippen molar-refractivity contribution in [2.45, 2.75) is 25.7 Å². The molecule has 0 radical (unpaired) electrons. The molecule has 2 bridgehead atoms. The van der Waals surface area contributed by atoms with Crippen molar-refractivity contribution in [3.05, 3.63) is 18.2 Å². The van der Waals surface area contributed by atoms with Gasteiger partial charge in [-0.25, -0.2) is 0 Å². The van der Waals surface area contributed by atoms with Gasteiger partial charge in [0.2, 0.25) is 12.7 Å². The number of anilines is 1. The second-order valence-corrected chi connectivity index (χ2v) is 5.84. The first-order chi connectivity index (χ1) is 9.29. The molecule has 19 heavy (non-hydrogen) atoms. The number of hydrogen-bond donors (Lipinski definition) is 1. The predicted molar refractivity (Wildman–Crippen MR) is 70.1 cm³/mol. The maximum absolute atomic E-state index is 12.3. The number of carbonyl (C=O) groups is 1. The molecule has 3 aliphatic rings. The molecule has 3 atom stereocenters. The molecule has 0 spiro atoms. The van der Waals surface area contributed by atoms with Crippen molar-refractivity contribution in [1.82, 2.24) is 0 Å². The van der Waals surface area contributed by atoms with Crippen LogP contribution in [0.4, 0.5) is 5.69 Å². The second-order valence-electron chi connectivity index (χ2n) is 5.84. The van der Waals surface area contributed by atoms with Crippen LogP contribution >= 0.6 is 0 Å². The number of carbonyl (C=O) groups excluding carboxylic acids is 1. The molecule has 0 aromatic heterocycles. The molecule has 0 saturated heterocycles. The van der Waals surface area contributed by atoms with E-state index in [9.17, 15) is 4.79 Å². The van der Waals surface area contributed by atoms with Gasteiger partial charge in [0.25, 0.3) is 0 Å². The van der Waals surface area contributed by atoms with Gasteiger partial charge in [0, 0.05) is 17.7 Å². The maximum Gasteiger partial charge on any atom is 0.231 e. The lowest BCUT2D eigenvalue weighted by Crippen LogP contribution is -2.27. The molecule has 4 rings (SSSR count). The molecule has 4 nitrogen and oxygen atoms in total. The number of ether oxygens (including phenoxy) is 2. The Bertz CT molecular complexity index is 528. The van der Waals surface area contributed by atoms with E-state index in [2.05, 4.69) is 5.32 Å². The zero-order valence-corrected chi connectivity index (χ0v) is 10.7. The van der Waals surface area contributed by atoms with E-state index in [1.54, 1.807) is 0 Å². The van der Waals surface area contributed by atoms with Gasteiger partial charge in [-0.2, -0.15) is 0 Å². The zero-order chi connectivity index (χ0) is 12.8. The van der Waals surface area contributed by atoms with Crippen LogP contribution in [0.5, 0.6) is 11.5 Å². The molecule has 100 valence electrons. The molecule has 1 aliphatic heterocycles. The summed E-state index contributed by atoms with van der Waals surface area (Å²) in [4.78, 5) is 12.3. The van der Waals surface area contributed by atoms with E-state index >= 15 is 0 Å². The first-order valence-corrected chi connectivity index (χ1v) is 7.00. The highest BCUT2D eigenvalue weighted by Gasteiger charge is 2.43. The van der Waals surface area contributed by atoms with E-state index in [4.69, 9.17) is 9.47 Å². The molecule has 1 N–H and O–H groups in total. The third-order valence-corrected chi connectivity index (χ3v) is 4.71. The Morgan fingerprint density at radius 2 is 2.05 bits per heavy atom. The number of nitrogens with one attached hydrogen (secondary N) is 1. The predicted octanol–water partition coefficient (Wildman–Crippen LogP) is 2.79. The Morgan fingerprint density at radius 3 is 2.84 bits per heavy atom. The van der Waals surface area contributed by atoms with Crippen LogP contribution in [-0.2, 0) is 4.79 Å². The Labute approximate surface area is 112 Å². The van der Waals surface area contributed by atoms with Crippen molar-refractivity contribution in [3.63, 3.8) is 0 Å². The molecule has 1 amide bonds. The average Bonchev–Trinajstić information content (AvgIpc) is 3.13. The SMILES string of the molecule is O=C(Nc1ccc2c(c1)OCO2)[C@H]1C[C@H]2CC[C@H]1C2. The molecular weight excluding hydrogens is 242 g/mol. The Kier molecular flexibility index (Phi) is 2.43. The molecule has 1 aromatic rings. The monoisotopic (exact) mass is 259 g/mol. The minimum atomic E-state index is 0.172. The quantitative estimate of drug-likeness (QED) is 0.888. The summed E-state index contributed by atoms with van der Waals surface area (Å²) in [6, 6.07) is 5.56. The Morgan fingerprint density at radius 1 is 1.16 bits per heavy atom. The summed E-state index contributed by atoms with van der Waals surface area (Å²) in [7, 11) is 0. The summed E-state index contributed by atoms with van der Waals surface area (Å²) < 4.78 is 10.6. The van der Waals surface area contributed by atoms with Gasteiger partial charge in [-0.05, 0) is 43.2 Å². The van der Waals surface area contributed by atoms with Crippen molar-refractivity contribution in [1.29, 1.82) is 0 Å². The van der Waals surface area contributed by atoms with Gasteiger partial charge in [0.1, 0.15) is 0 Å². The van der Waals surface area contributed by atoms with Gasteiger partial charge in [-0.3, -0.25) is 4.79 Å².